The molecule has 0 aromatic rings. The fraction of sp³-hybridized carbons (Fsp3) is 0.739. The first-order valence-electron chi connectivity index (χ1n) is 10.8. The number of hydrogen-bond acceptors (Lipinski definition) is 4. The van der Waals surface area contributed by atoms with Crippen molar-refractivity contribution < 1.29 is 19.4 Å². The Balaban J connectivity index is 1.52. The van der Waals surface area contributed by atoms with Crippen LogP contribution in [0.4, 0.5) is 0 Å². The number of esters is 1. The van der Waals surface area contributed by atoms with E-state index in [0.29, 0.717) is 30.1 Å². The molecule has 146 valence electrons. The van der Waals surface area contributed by atoms with Gasteiger partial charge in [0.2, 0.25) is 0 Å². The summed E-state index contributed by atoms with van der Waals surface area (Å²) in [5, 5.41) is 10.1. The summed E-state index contributed by atoms with van der Waals surface area (Å²) in [6.45, 7) is 2.40. The summed E-state index contributed by atoms with van der Waals surface area (Å²) >= 11 is 0. The molecule has 5 rings (SSSR count). The monoisotopic (exact) mass is 370 g/mol. The van der Waals surface area contributed by atoms with E-state index < -0.39 is 5.60 Å². The second-order valence-electron chi connectivity index (χ2n) is 9.54. The van der Waals surface area contributed by atoms with E-state index in [2.05, 4.69) is 13.0 Å². The minimum Gasteiger partial charge on any atom is -0.451 e. The Kier molecular flexibility index (Phi) is 3.95. The maximum Gasteiger partial charge on any atom is 0.331 e. The van der Waals surface area contributed by atoms with Crippen molar-refractivity contribution in [1.29, 1.82) is 0 Å². The quantitative estimate of drug-likeness (QED) is 0.755. The van der Waals surface area contributed by atoms with E-state index in [4.69, 9.17) is 4.74 Å². The fourth-order valence-electron chi connectivity index (χ4n) is 7.95. The Morgan fingerprint density at radius 1 is 1.19 bits per heavy atom. The van der Waals surface area contributed by atoms with E-state index in [9.17, 15) is 14.7 Å². The van der Waals surface area contributed by atoms with Crippen LogP contribution in [-0.4, -0.2) is 29.1 Å². The smallest absolute Gasteiger partial charge is 0.331 e. The van der Waals surface area contributed by atoms with Gasteiger partial charge in [-0.15, -0.1) is 0 Å². The van der Waals surface area contributed by atoms with Crippen LogP contribution in [0, 0.1) is 35.0 Å². The normalized spacial score (nSPS) is 48.1. The molecule has 7 atom stereocenters. The second kappa shape index (κ2) is 6.04. The number of ether oxygens (including phenoxy) is 1. The molecule has 0 radical (unpaired) electrons. The van der Waals surface area contributed by atoms with Gasteiger partial charge in [0.15, 0.2) is 5.78 Å². The number of carbonyl (C=O) groups excluding carboxylic acids is 2. The molecule has 3 saturated carbocycles. The summed E-state index contributed by atoms with van der Waals surface area (Å²) in [5.41, 5.74) is 0.878. The molecule has 0 bridgehead atoms. The third-order valence-corrected chi connectivity index (χ3v) is 8.99. The maximum absolute atomic E-state index is 12.0. The van der Waals surface area contributed by atoms with Gasteiger partial charge in [0.05, 0.1) is 0 Å². The molecule has 0 saturated heterocycles. The molecule has 0 aromatic carbocycles. The second-order valence-corrected chi connectivity index (χ2v) is 9.54. The van der Waals surface area contributed by atoms with Crippen LogP contribution in [0.15, 0.2) is 23.8 Å². The summed E-state index contributed by atoms with van der Waals surface area (Å²) in [6.07, 6.45) is 13.5. The fourth-order valence-corrected chi connectivity index (χ4v) is 7.95. The molecule has 1 heterocycles. The zero-order valence-electron chi connectivity index (χ0n) is 16.2. The van der Waals surface area contributed by atoms with Gasteiger partial charge in [-0.25, -0.2) is 4.79 Å². The summed E-state index contributed by atoms with van der Waals surface area (Å²) in [5.74, 6) is 2.38. The summed E-state index contributed by atoms with van der Waals surface area (Å²) < 4.78 is 5.97. The first-order valence-corrected chi connectivity index (χ1v) is 10.8. The highest BCUT2D eigenvalue weighted by molar-refractivity contribution is 5.91. The van der Waals surface area contributed by atoms with Gasteiger partial charge in [-0.2, -0.15) is 0 Å². The average Bonchev–Trinajstić information content (AvgIpc) is 3.22. The van der Waals surface area contributed by atoms with Crippen LogP contribution < -0.4 is 0 Å². The van der Waals surface area contributed by atoms with Crippen molar-refractivity contribution in [3.8, 4) is 0 Å². The topological polar surface area (TPSA) is 63.6 Å². The lowest BCUT2D eigenvalue weighted by Gasteiger charge is -2.57. The first-order chi connectivity index (χ1) is 13.0. The van der Waals surface area contributed by atoms with Crippen molar-refractivity contribution in [2.75, 3.05) is 6.61 Å². The molecule has 0 amide bonds. The van der Waals surface area contributed by atoms with Gasteiger partial charge in [0.1, 0.15) is 5.60 Å². The molecule has 0 unspecified atom stereocenters. The molecule has 1 aliphatic heterocycles. The van der Waals surface area contributed by atoms with Crippen LogP contribution >= 0.6 is 0 Å². The Labute approximate surface area is 161 Å². The minimum absolute atomic E-state index is 0.0442. The van der Waals surface area contributed by atoms with Crippen molar-refractivity contribution in [3.63, 3.8) is 0 Å². The predicted octanol–water partition coefficient (Wildman–Crippen LogP) is 3.59. The van der Waals surface area contributed by atoms with Crippen molar-refractivity contribution in [2.24, 2.45) is 35.0 Å². The van der Waals surface area contributed by atoms with Crippen LogP contribution in [0.1, 0.15) is 58.3 Å². The highest BCUT2D eigenvalue weighted by atomic mass is 16.6. The Morgan fingerprint density at radius 3 is 2.74 bits per heavy atom. The summed E-state index contributed by atoms with van der Waals surface area (Å²) in [7, 11) is 0. The molecular formula is C23H30O4. The minimum atomic E-state index is -0.401. The molecule has 5 aliphatic rings. The van der Waals surface area contributed by atoms with Crippen LogP contribution in [0.25, 0.3) is 0 Å². The molecule has 1 N–H and O–H groups in total. The lowest BCUT2D eigenvalue weighted by molar-refractivity contribution is -0.165. The molecular weight excluding hydrogens is 340 g/mol. The number of aliphatic hydroxyl groups is 1. The van der Waals surface area contributed by atoms with Gasteiger partial charge in [-0.05, 0) is 80.8 Å². The van der Waals surface area contributed by atoms with Gasteiger partial charge in [-0.3, -0.25) is 4.79 Å². The van der Waals surface area contributed by atoms with Gasteiger partial charge >= 0.3 is 5.97 Å². The van der Waals surface area contributed by atoms with Crippen LogP contribution in [0.5, 0.6) is 0 Å². The predicted molar refractivity (Wildman–Crippen MR) is 101 cm³/mol. The maximum atomic E-state index is 12.0. The third-order valence-electron chi connectivity index (χ3n) is 8.99. The van der Waals surface area contributed by atoms with E-state index in [-0.39, 0.29) is 29.7 Å². The van der Waals surface area contributed by atoms with Gasteiger partial charge in [0.25, 0.3) is 0 Å². The molecule has 4 aliphatic carbocycles. The van der Waals surface area contributed by atoms with Crippen LogP contribution in [-0.2, 0) is 14.3 Å². The van der Waals surface area contributed by atoms with Crippen molar-refractivity contribution >= 4 is 11.8 Å². The third kappa shape index (κ3) is 2.25. The molecule has 3 fully saturated rings. The molecule has 4 nitrogen and oxygen atoms in total. The van der Waals surface area contributed by atoms with E-state index in [1.807, 2.05) is 6.08 Å². The Morgan fingerprint density at radius 2 is 2.04 bits per heavy atom. The highest BCUT2D eigenvalue weighted by Gasteiger charge is 2.66. The van der Waals surface area contributed by atoms with Crippen molar-refractivity contribution in [1.82, 2.24) is 0 Å². The Bertz CT molecular complexity index is 737. The SMILES string of the molecule is CC[C@]12CC[C@H]3[C@@H](C[C@@H](CO)C4=CC(=O)CC[C@@H]43)[C@@H]1CC[C@@]21C=CC(=O)O1. The van der Waals surface area contributed by atoms with Gasteiger partial charge in [0, 0.05) is 30.4 Å². The number of hydrogen-bond donors (Lipinski definition) is 1. The van der Waals surface area contributed by atoms with E-state index in [1.54, 1.807) is 6.08 Å². The lowest BCUT2D eigenvalue weighted by Crippen LogP contribution is -2.54. The highest BCUT2D eigenvalue weighted by Crippen LogP contribution is 2.68. The van der Waals surface area contributed by atoms with E-state index >= 15 is 0 Å². The average molecular weight is 370 g/mol. The van der Waals surface area contributed by atoms with Crippen molar-refractivity contribution in [3.05, 3.63) is 23.8 Å². The number of fused-ring (bicyclic) bond motifs is 6. The summed E-state index contributed by atoms with van der Waals surface area (Å²) in [4.78, 5) is 24.0. The first kappa shape index (κ1) is 17.7. The molecule has 4 heteroatoms. The Hall–Kier alpha value is -1.42. The van der Waals surface area contributed by atoms with E-state index in [0.717, 1.165) is 44.9 Å². The van der Waals surface area contributed by atoms with Crippen LogP contribution in [0.2, 0.25) is 0 Å². The van der Waals surface area contributed by atoms with Gasteiger partial charge in [-0.1, -0.05) is 12.5 Å². The van der Waals surface area contributed by atoms with E-state index in [1.165, 1.54) is 5.57 Å². The van der Waals surface area contributed by atoms with Crippen molar-refractivity contribution in [2.45, 2.75) is 63.9 Å². The largest absolute Gasteiger partial charge is 0.451 e. The standard InChI is InChI=1S/C23H30O4/c1-2-22-8-5-17-16-4-3-15(25)12-18(16)14(13-24)11-19(17)20(22)6-9-23(22)10-7-21(26)27-23/h7,10,12,14,16-17,19-20,24H,2-6,8-9,11,13H2,1H3/t14-,16+,17+,19+,20-,22-,23+/m0/s1. The zero-order valence-corrected chi connectivity index (χ0v) is 16.2. The molecule has 1 spiro atoms. The molecule has 0 aromatic heterocycles. The zero-order chi connectivity index (χ0) is 18.8. The number of carbonyl (C=O) groups is 2. The number of rotatable bonds is 2. The molecule has 27 heavy (non-hydrogen) atoms. The number of ketones is 1. The summed E-state index contributed by atoms with van der Waals surface area (Å²) in [6, 6.07) is 0. The van der Waals surface area contributed by atoms with Crippen LogP contribution in [0.3, 0.4) is 0 Å². The number of aliphatic hydroxyl groups excluding tert-OH is 1. The lowest BCUT2D eigenvalue weighted by atomic mass is 9.48. The van der Waals surface area contributed by atoms with Gasteiger partial charge < -0.3 is 9.84 Å².